The van der Waals surface area contributed by atoms with E-state index in [0.717, 1.165) is 24.4 Å². The second-order valence-electron chi connectivity index (χ2n) is 5.42. The van der Waals surface area contributed by atoms with Crippen LogP contribution in [0.25, 0.3) is 0 Å². The highest BCUT2D eigenvalue weighted by atomic mass is 32.2. The summed E-state index contributed by atoms with van der Waals surface area (Å²) in [5, 5.41) is 15.2. The summed E-state index contributed by atoms with van der Waals surface area (Å²) >= 11 is 1.41. The van der Waals surface area contributed by atoms with Crippen LogP contribution in [0.2, 0.25) is 0 Å². The fraction of sp³-hybridized carbons (Fsp3) is 0.467. The standard InChI is InChI=1S/C15H19N5OS/c1-11(22-15-17-18-19-20(15)13-7-8-13)14(21)16-10-9-12-5-3-2-4-6-12/h2-6,11,13H,7-10H2,1H3,(H,16,21). The number of carbonyl (C=O) groups is 1. The van der Waals surface area contributed by atoms with Crippen LogP contribution in [0.15, 0.2) is 35.5 Å². The Bertz CT molecular complexity index is 626. The molecule has 7 heteroatoms. The molecule has 1 aliphatic carbocycles. The van der Waals surface area contributed by atoms with E-state index >= 15 is 0 Å². The molecule has 22 heavy (non-hydrogen) atoms. The maximum absolute atomic E-state index is 12.1. The van der Waals surface area contributed by atoms with Crippen molar-refractivity contribution in [2.24, 2.45) is 0 Å². The minimum atomic E-state index is -0.209. The Morgan fingerprint density at radius 3 is 2.91 bits per heavy atom. The molecule has 6 nitrogen and oxygen atoms in total. The lowest BCUT2D eigenvalue weighted by Gasteiger charge is -2.11. The Morgan fingerprint density at radius 1 is 1.41 bits per heavy atom. The lowest BCUT2D eigenvalue weighted by atomic mass is 10.1. The molecule has 3 rings (SSSR count). The Hall–Kier alpha value is -1.89. The second kappa shape index (κ2) is 6.91. The zero-order valence-electron chi connectivity index (χ0n) is 12.5. The molecule has 1 heterocycles. The first-order chi connectivity index (χ1) is 10.7. The molecule has 1 aromatic carbocycles. The number of thioether (sulfide) groups is 1. The Labute approximate surface area is 133 Å². The summed E-state index contributed by atoms with van der Waals surface area (Å²) in [5.74, 6) is 0.0197. The number of nitrogens with zero attached hydrogens (tertiary/aromatic N) is 4. The summed E-state index contributed by atoms with van der Waals surface area (Å²) in [6.07, 6.45) is 3.08. The fourth-order valence-electron chi connectivity index (χ4n) is 2.14. The van der Waals surface area contributed by atoms with Crippen LogP contribution in [-0.2, 0) is 11.2 Å². The summed E-state index contributed by atoms with van der Waals surface area (Å²) < 4.78 is 1.83. The van der Waals surface area contributed by atoms with Gasteiger partial charge in [0.1, 0.15) is 0 Å². The largest absolute Gasteiger partial charge is 0.355 e. The van der Waals surface area contributed by atoms with Gasteiger partial charge in [0.05, 0.1) is 11.3 Å². The minimum Gasteiger partial charge on any atom is -0.355 e. The molecule has 1 N–H and O–H groups in total. The monoisotopic (exact) mass is 317 g/mol. The van der Waals surface area contributed by atoms with Crippen LogP contribution in [0, 0.1) is 0 Å². The highest BCUT2D eigenvalue weighted by Gasteiger charge is 2.29. The van der Waals surface area contributed by atoms with Crippen molar-refractivity contribution in [1.82, 2.24) is 25.5 Å². The zero-order valence-corrected chi connectivity index (χ0v) is 13.3. The number of tetrazole rings is 1. The average molecular weight is 317 g/mol. The van der Waals surface area contributed by atoms with Gasteiger partial charge in [-0.25, -0.2) is 4.68 Å². The van der Waals surface area contributed by atoms with Gasteiger partial charge < -0.3 is 5.32 Å². The lowest BCUT2D eigenvalue weighted by molar-refractivity contribution is -0.120. The van der Waals surface area contributed by atoms with Crippen LogP contribution in [0.5, 0.6) is 0 Å². The molecule has 1 atom stereocenters. The molecule has 1 saturated carbocycles. The topological polar surface area (TPSA) is 72.7 Å². The second-order valence-corrected chi connectivity index (χ2v) is 6.73. The Balaban J connectivity index is 1.46. The maximum atomic E-state index is 12.1. The maximum Gasteiger partial charge on any atom is 0.233 e. The number of rotatable bonds is 7. The van der Waals surface area contributed by atoms with Crippen LogP contribution in [0.4, 0.5) is 0 Å². The molecule has 1 aromatic heterocycles. The highest BCUT2D eigenvalue weighted by Crippen LogP contribution is 2.37. The Morgan fingerprint density at radius 2 is 2.18 bits per heavy atom. The van der Waals surface area contributed by atoms with E-state index in [1.807, 2.05) is 29.8 Å². The van der Waals surface area contributed by atoms with E-state index in [-0.39, 0.29) is 11.2 Å². The fourth-order valence-corrected chi connectivity index (χ4v) is 3.03. The van der Waals surface area contributed by atoms with Gasteiger partial charge in [-0.15, -0.1) is 5.10 Å². The van der Waals surface area contributed by atoms with Crippen LogP contribution in [0.3, 0.4) is 0 Å². The van der Waals surface area contributed by atoms with E-state index in [0.29, 0.717) is 12.6 Å². The molecule has 1 amide bonds. The van der Waals surface area contributed by atoms with Gasteiger partial charge in [0, 0.05) is 6.54 Å². The summed E-state index contributed by atoms with van der Waals surface area (Å²) in [6.45, 7) is 2.52. The minimum absolute atomic E-state index is 0.0197. The third-order valence-corrected chi connectivity index (χ3v) is 4.61. The molecule has 0 radical (unpaired) electrons. The molecule has 116 valence electrons. The zero-order chi connectivity index (χ0) is 15.4. The first-order valence-corrected chi connectivity index (χ1v) is 8.38. The van der Waals surface area contributed by atoms with E-state index in [1.54, 1.807) is 0 Å². The number of benzene rings is 1. The van der Waals surface area contributed by atoms with Gasteiger partial charge in [0.25, 0.3) is 0 Å². The van der Waals surface area contributed by atoms with Crippen LogP contribution < -0.4 is 5.32 Å². The highest BCUT2D eigenvalue weighted by molar-refractivity contribution is 8.00. The van der Waals surface area contributed by atoms with Gasteiger partial charge in [-0.1, -0.05) is 42.1 Å². The van der Waals surface area contributed by atoms with E-state index < -0.39 is 0 Å². The summed E-state index contributed by atoms with van der Waals surface area (Å²) in [4.78, 5) is 12.1. The van der Waals surface area contributed by atoms with Gasteiger partial charge in [-0.3, -0.25) is 4.79 Å². The van der Waals surface area contributed by atoms with Crippen molar-refractivity contribution < 1.29 is 4.79 Å². The molecule has 1 unspecified atom stereocenters. The molecule has 1 aliphatic rings. The molecule has 2 aromatic rings. The van der Waals surface area contributed by atoms with Gasteiger partial charge in [0.2, 0.25) is 11.1 Å². The van der Waals surface area contributed by atoms with E-state index in [4.69, 9.17) is 0 Å². The normalized spacial score (nSPS) is 15.5. The van der Waals surface area contributed by atoms with E-state index in [9.17, 15) is 4.79 Å². The quantitative estimate of drug-likeness (QED) is 0.789. The van der Waals surface area contributed by atoms with Crippen molar-refractivity contribution in [3.8, 4) is 0 Å². The van der Waals surface area contributed by atoms with E-state index in [1.165, 1.54) is 17.3 Å². The average Bonchev–Trinajstić information content (AvgIpc) is 3.28. The molecule has 0 saturated heterocycles. The summed E-state index contributed by atoms with van der Waals surface area (Å²) in [7, 11) is 0. The van der Waals surface area contributed by atoms with Gasteiger partial charge >= 0.3 is 0 Å². The lowest BCUT2D eigenvalue weighted by Crippen LogP contribution is -2.32. The molecule has 0 bridgehead atoms. The number of hydrogen-bond acceptors (Lipinski definition) is 5. The van der Waals surface area contributed by atoms with Crippen molar-refractivity contribution in [3.63, 3.8) is 0 Å². The number of aromatic nitrogens is 4. The van der Waals surface area contributed by atoms with Gasteiger partial charge in [-0.05, 0) is 42.2 Å². The summed E-state index contributed by atoms with van der Waals surface area (Å²) in [5.41, 5.74) is 1.22. The number of amides is 1. The molecule has 1 fully saturated rings. The Kier molecular flexibility index (Phi) is 4.72. The van der Waals surface area contributed by atoms with E-state index in [2.05, 4.69) is 33.0 Å². The predicted molar refractivity (Wildman–Crippen MR) is 84.6 cm³/mol. The first-order valence-electron chi connectivity index (χ1n) is 7.50. The smallest absolute Gasteiger partial charge is 0.233 e. The summed E-state index contributed by atoms with van der Waals surface area (Å²) in [6, 6.07) is 10.6. The van der Waals surface area contributed by atoms with Crippen LogP contribution in [0.1, 0.15) is 31.4 Å². The van der Waals surface area contributed by atoms with Crippen molar-refractivity contribution in [3.05, 3.63) is 35.9 Å². The van der Waals surface area contributed by atoms with Gasteiger partial charge in [-0.2, -0.15) is 0 Å². The third-order valence-electron chi connectivity index (χ3n) is 3.56. The van der Waals surface area contributed by atoms with Crippen molar-refractivity contribution in [2.75, 3.05) is 6.54 Å². The SMILES string of the molecule is CC(Sc1nnnn1C1CC1)C(=O)NCCc1ccccc1. The number of nitrogens with one attached hydrogen (secondary N) is 1. The third kappa shape index (κ3) is 3.85. The predicted octanol–water partition coefficient (Wildman–Crippen LogP) is 1.85. The number of carbonyl (C=O) groups excluding carboxylic acids is 1. The molecular weight excluding hydrogens is 298 g/mol. The first kappa shape index (κ1) is 15.0. The van der Waals surface area contributed by atoms with Crippen LogP contribution >= 0.6 is 11.8 Å². The molecule has 0 aliphatic heterocycles. The molecular formula is C15H19N5OS. The van der Waals surface area contributed by atoms with Gasteiger partial charge in [0.15, 0.2) is 0 Å². The molecule has 0 spiro atoms. The van der Waals surface area contributed by atoms with Crippen molar-refractivity contribution >= 4 is 17.7 Å². The van der Waals surface area contributed by atoms with Crippen molar-refractivity contribution in [2.45, 2.75) is 42.6 Å². The number of hydrogen-bond donors (Lipinski definition) is 1. The van der Waals surface area contributed by atoms with Crippen molar-refractivity contribution in [1.29, 1.82) is 0 Å². The van der Waals surface area contributed by atoms with Crippen LogP contribution in [-0.4, -0.2) is 37.9 Å².